The van der Waals surface area contributed by atoms with Crippen LogP contribution in [0.3, 0.4) is 0 Å². The van der Waals surface area contributed by atoms with Gasteiger partial charge in [0.15, 0.2) is 0 Å². The van der Waals surface area contributed by atoms with Crippen molar-refractivity contribution in [1.29, 1.82) is 0 Å². The van der Waals surface area contributed by atoms with E-state index in [0.717, 1.165) is 77.0 Å². The normalized spacial score (nSPS) is 14.7. The summed E-state index contributed by atoms with van der Waals surface area (Å²) in [6.07, 6.45) is 61.3. The summed E-state index contributed by atoms with van der Waals surface area (Å²) in [7, 11) is 1.54. The number of likely N-dealkylation sites (N-methyl/N-ethyl adjacent to an activating group) is 1. The highest BCUT2D eigenvalue weighted by molar-refractivity contribution is 7.47. The molecule has 0 aromatic heterocycles. The Bertz CT molecular complexity index is 1250. The van der Waals surface area contributed by atoms with E-state index in [4.69, 9.17) is 9.05 Å². The number of quaternary nitrogens is 1. The number of phosphoric ester groups is 1. The van der Waals surface area contributed by atoms with Crippen LogP contribution >= 0.6 is 7.82 Å². The van der Waals surface area contributed by atoms with Crippen molar-refractivity contribution in [2.24, 2.45) is 0 Å². The number of carbonyl (C=O) groups is 1. The first-order chi connectivity index (χ1) is 30.5. The monoisotopic (exact) mass is 904 g/mol. The molecule has 0 aliphatic carbocycles. The van der Waals surface area contributed by atoms with Gasteiger partial charge in [0.05, 0.1) is 39.9 Å². The summed E-state index contributed by atoms with van der Waals surface area (Å²) in [5.41, 5.74) is 0. The summed E-state index contributed by atoms with van der Waals surface area (Å²) in [5, 5.41) is 13.9. The lowest BCUT2D eigenvalue weighted by Crippen LogP contribution is -2.45. The summed E-state index contributed by atoms with van der Waals surface area (Å²) in [6, 6.07) is -0.868. The number of phosphoric acid groups is 1. The molecule has 0 aliphatic rings. The van der Waals surface area contributed by atoms with Gasteiger partial charge in [-0.25, -0.2) is 4.57 Å². The van der Waals surface area contributed by atoms with Gasteiger partial charge >= 0.3 is 7.82 Å². The second kappa shape index (κ2) is 45.1. The molecule has 0 saturated carbocycles. The van der Waals surface area contributed by atoms with Crippen molar-refractivity contribution in [2.75, 3.05) is 40.9 Å². The zero-order valence-corrected chi connectivity index (χ0v) is 42.4. The van der Waals surface area contributed by atoms with E-state index in [9.17, 15) is 19.4 Å². The van der Waals surface area contributed by atoms with Crippen LogP contribution in [0.1, 0.15) is 213 Å². The molecule has 0 spiro atoms. The average molecular weight is 904 g/mol. The number of unbranched alkanes of at least 4 members (excludes halogenated alkanes) is 23. The molecule has 1 amide bonds. The van der Waals surface area contributed by atoms with E-state index in [1.807, 2.05) is 27.2 Å². The summed E-state index contributed by atoms with van der Waals surface area (Å²) in [4.78, 5) is 23.2. The molecule has 0 radical (unpaired) electrons. The molecular formula is C54H100N2O6P+. The second-order valence-electron chi connectivity index (χ2n) is 18.5. The molecule has 8 nitrogen and oxygen atoms in total. The Hall–Kier alpha value is -2.06. The number of aliphatic hydroxyl groups excluding tert-OH is 1. The molecule has 0 saturated heterocycles. The zero-order chi connectivity index (χ0) is 46.4. The Morgan fingerprint density at radius 3 is 1.40 bits per heavy atom. The lowest BCUT2D eigenvalue weighted by molar-refractivity contribution is -0.870. The Morgan fingerprint density at radius 2 is 0.952 bits per heavy atom. The van der Waals surface area contributed by atoms with E-state index < -0.39 is 20.0 Å². The highest BCUT2D eigenvalue weighted by atomic mass is 31.2. The average Bonchev–Trinajstić information content (AvgIpc) is 3.24. The quantitative estimate of drug-likeness (QED) is 0.0243. The number of allylic oxidation sites excluding steroid dienone is 11. The van der Waals surface area contributed by atoms with E-state index >= 15 is 0 Å². The summed E-state index contributed by atoms with van der Waals surface area (Å²) < 4.78 is 23.6. The minimum Gasteiger partial charge on any atom is -0.387 e. The standard InChI is InChI=1S/C54H99N2O6P/c1-6-8-10-12-14-16-18-20-22-24-26-27-28-30-31-33-35-37-39-41-43-45-47-53(57)52(51-62-63(59,60)61-50-49-56(3,4)5)55-54(58)48-46-44-42-40-38-36-34-32-29-25-23-21-19-17-15-13-11-9-7-2/h9,11,15,17,21,23,29,32,36,38,45,47,52-53,57H,6-8,10,12-14,16,18-20,22,24-28,30-31,33-35,37,39-44,46,48-51H2,1-5H3,(H-,55,58,59,60)/p+1/b11-9-,17-15-,23-21-,32-29-,38-36-,47-45+. The smallest absolute Gasteiger partial charge is 0.387 e. The van der Waals surface area contributed by atoms with E-state index in [1.165, 1.54) is 116 Å². The first-order valence-electron chi connectivity index (χ1n) is 25.8. The minimum atomic E-state index is -4.36. The van der Waals surface area contributed by atoms with Gasteiger partial charge in [0.1, 0.15) is 13.2 Å². The van der Waals surface area contributed by atoms with Crippen LogP contribution in [0.4, 0.5) is 0 Å². The number of nitrogens with one attached hydrogen (secondary N) is 1. The fourth-order valence-electron chi connectivity index (χ4n) is 7.13. The van der Waals surface area contributed by atoms with Gasteiger partial charge in [-0.3, -0.25) is 13.8 Å². The van der Waals surface area contributed by atoms with Gasteiger partial charge in [-0.1, -0.05) is 215 Å². The van der Waals surface area contributed by atoms with Crippen LogP contribution in [-0.2, 0) is 18.4 Å². The van der Waals surface area contributed by atoms with Crippen molar-refractivity contribution < 1.29 is 32.9 Å². The summed E-state index contributed by atoms with van der Waals surface area (Å²) in [5.74, 6) is -0.210. The van der Waals surface area contributed by atoms with Crippen LogP contribution in [0.25, 0.3) is 0 Å². The SMILES string of the molecule is CC/C=C\C/C=C\C/C=C\C/C=C\C/C=C\CCCCCC(=O)NC(COP(=O)(O)OCC[N+](C)(C)C)C(O)/C=C/CCCCCCCCCCCCCCCCCCCCCC. The van der Waals surface area contributed by atoms with Gasteiger partial charge < -0.3 is 19.8 Å². The summed E-state index contributed by atoms with van der Waals surface area (Å²) >= 11 is 0. The van der Waals surface area contributed by atoms with Crippen molar-refractivity contribution in [3.05, 3.63) is 72.9 Å². The van der Waals surface area contributed by atoms with E-state index in [1.54, 1.807) is 6.08 Å². The number of hydrogen-bond donors (Lipinski definition) is 3. The highest BCUT2D eigenvalue weighted by Gasteiger charge is 2.27. The topological polar surface area (TPSA) is 105 Å². The highest BCUT2D eigenvalue weighted by Crippen LogP contribution is 2.43. The number of rotatable bonds is 46. The Labute approximate surface area is 389 Å². The fraction of sp³-hybridized carbons (Fsp3) is 0.759. The van der Waals surface area contributed by atoms with Gasteiger partial charge in [0, 0.05) is 6.42 Å². The maximum atomic E-state index is 12.9. The van der Waals surface area contributed by atoms with Crippen LogP contribution in [0.2, 0.25) is 0 Å². The van der Waals surface area contributed by atoms with Crippen LogP contribution < -0.4 is 5.32 Å². The van der Waals surface area contributed by atoms with Gasteiger partial charge in [0.25, 0.3) is 0 Å². The van der Waals surface area contributed by atoms with Crippen LogP contribution in [0.15, 0.2) is 72.9 Å². The third-order valence-corrected chi connectivity index (χ3v) is 12.2. The molecule has 0 bridgehead atoms. The van der Waals surface area contributed by atoms with E-state index in [0.29, 0.717) is 17.4 Å². The molecule has 0 aromatic carbocycles. The Balaban J connectivity index is 4.38. The predicted octanol–water partition coefficient (Wildman–Crippen LogP) is 15.1. The van der Waals surface area contributed by atoms with Crippen molar-refractivity contribution in [3.8, 4) is 0 Å². The minimum absolute atomic E-state index is 0.0514. The third-order valence-electron chi connectivity index (χ3n) is 11.2. The molecule has 63 heavy (non-hydrogen) atoms. The number of aliphatic hydroxyl groups is 1. The third kappa shape index (κ3) is 47.7. The molecule has 3 unspecified atom stereocenters. The number of amides is 1. The fourth-order valence-corrected chi connectivity index (χ4v) is 7.86. The number of carbonyl (C=O) groups excluding carboxylic acids is 1. The maximum absolute atomic E-state index is 12.9. The molecule has 0 rings (SSSR count). The Morgan fingerprint density at radius 1 is 0.556 bits per heavy atom. The van der Waals surface area contributed by atoms with Crippen molar-refractivity contribution >= 4 is 13.7 Å². The van der Waals surface area contributed by atoms with Gasteiger partial charge in [-0.15, -0.1) is 0 Å². The van der Waals surface area contributed by atoms with Crippen LogP contribution in [0, 0.1) is 0 Å². The lowest BCUT2D eigenvalue weighted by Gasteiger charge is -2.25. The van der Waals surface area contributed by atoms with Gasteiger partial charge in [-0.05, 0) is 64.2 Å². The first kappa shape index (κ1) is 60.9. The molecule has 0 heterocycles. The first-order valence-corrected chi connectivity index (χ1v) is 27.3. The largest absolute Gasteiger partial charge is 0.472 e. The van der Waals surface area contributed by atoms with Crippen molar-refractivity contribution in [1.82, 2.24) is 5.32 Å². The zero-order valence-electron chi connectivity index (χ0n) is 41.5. The van der Waals surface area contributed by atoms with Crippen molar-refractivity contribution in [2.45, 2.75) is 225 Å². The number of nitrogens with zero attached hydrogens (tertiary/aromatic N) is 1. The second-order valence-corrected chi connectivity index (χ2v) is 20.0. The maximum Gasteiger partial charge on any atom is 0.472 e. The molecule has 0 aromatic rings. The van der Waals surface area contributed by atoms with Crippen LogP contribution in [-0.4, -0.2) is 73.4 Å². The Kier molecular flexibility index (Phi) is 43.6. The van der Waals surface area contributed by atoms with E-state index in [2.05, 4.69) is 79.9 Å². The number of hydrogen-bond acceptors (Lipinski definition) is 5. The molecule has 366 valence electrons. The lowest BCUT2D eigenvalue weighted by atomic mass is 10.0. The molecule has 3 N–H and O–H groups in total. The van der Waals surface area contributed by atoms with Gasteiger partial charge in [0.2, 0.25) is 5.91 Å². The molecule has 3 atom stereocenters. The molecule has 9 heteroatoms. The summed E-state index contributed by atoms with van der Waals surface area (Å²) in [6.45, 7) is 4.68. The molecular weight excluding hydrogens is 804 g/mol. The predicted molar refractivity (Wildman–Crippen MR) is 272 cm³/mol. The van der Waals surface area contributed by atoms with Crippen molar-refractivity contribution in [3.63, 3.8) is 0 Å². The molecule has 0 fully saturated rings. The van der Waals surface area contributed by atoms with Gasteiger partial charge in [-0.2, -0.15) is 0 Å². The van der Waals surface area contributed by atoms with E-state index in [-0.39, 0.29) is 19.1 Å². The molecule has 0 aliphatic heterocycles. The van der Waals surface area contributed by atoms with Crippen LogP contribution in [0.5, 0.6) is 0 Å².